The lowest BCUT2D eigenvalue weighted by Crippen LogP contribution is -2.61. The highest BCUT2D eigenvalue weighted by molar-refractivity contribution is 5.59. The molecular weight excluding hydrogens is 916 g/mol. The number of hydrogen-bond donors (Lipinski definition) is 2. The largest absolute Gasteiger partial charge is 0.460 e. The van der Waals surface area contributed by atoms with Crippen molar-refractivity contribution in [3.05, 3.63) is 71.2 Å². The maximum absolute atomic E-state index is 14.7. The number of nitrogen functional groups attached to an aromatic ring is 2. The smallest absolute Gasteiger partial charge is 0.430 e. The van der Waals surface area contributed by atoms with E-state index < -0.39 is 148 Å². The van der Waals surface area contributed by atoms with E-state index in [0.717, 1.165) is 0 Å². The first-order valence-corrected chi connectivity index (χ1v) is 13.6. The van der Waals surface area contributed by atoms with Gasteiger partial charge in [0.25, 0.3) is 0 Å². The third-order valence-electron chi connectivity index (χ3n) is 7.17. The number of hydrogen-bond acceptors (Lipinski definition) is 4. The lowest BCUT2D eigenvalue weighted by atomic mass is 9.72. The quantitative estimate of drug-likeness (QED) is 0.126. The van der Waals surface area contributed by atoms with Gasteiger partial charge in [-0.1, -0.05) is 0 Å². The number of halogens is 28. The molecule has 2 aromatic carbocycles. The Morgan fingerprint density at radius 1 is 0.356 bits per heavy atom. The first-order chi connectivity index (χ1) is 25.8. The molecule has 4 nitrogen and oxygen atoms in total. The Kier molecular flexibility index (Phi) is 12.5. The summed E-state index contributed by atoms with van der Waals surface area (Å²) in [5, 5.41) is 0. The summed E-state index contributed by atoms with van der Waals surface area (Å²) in [6, 6.07) is -11.4. The van der Waals surface area contributed by atoms with Crippen molar-refractivity contribution < 1.29 is 132 Å². The minimum Gasteiger partial charge on any atom is -0.430 e. The fourth-order valence-corrected chi connectivity index (χ4v) is 4.35. The molecule has 4 N–H and O–H groups in total. The highest BCUT2D eigenvalue weighted by Gasteiger charge is 2.85. The molecule has 2 aromatic rings. The van der Waals surface area contributed by atoms with Crippen LogP contribution in [0.2, 0.25) is 0 Å². The summed E-state index contributed by atoms with van der Waals surface area (Å²) in [5.41, 5.74) is -4.38. The molecule has 0 atom stereocenters. The Morgan fingerprint density at radius 3 is 0.831 bits per heavy atom. The minimum atomic E-state index is -7.97. The van der Waals surface area contributed by atoms with Crippen molar-refractivity contribution in [1.29, 1.82) is 0 Å². The summed E-state index contributed by atoms with van der Waals surface area (Å²) in [6.07, 6.45) is -29.4. The topological polar surface area (TPSA) is 70.5 Å². The third kappa shape index (κ3) is 8.09. The van der Waals surface area contributed by atoms with Gasteiger partial charge in [0, 0.05) is 23.5 Å². The Morgan fingerprint density at radius 2 is 0.610 bits per heavy atom. The number of anilines is 2. The molecular formula is C27H10F28N2O2. The zero-order chi connectivity index (χ0) is 46.9. The zero-order valence-corrected chi connectivity index (χ0v) is 26.5. The molecule has 0 radical (unpaired) electrons. The standard InChI is InChI=1S/C27H10F28N2O2/c28-13(18(32,33)20(36,37)22(40,41)26(50,51)52)15(30)58-11-3-7(1-9(56)5-11)17(24(44,45)46,25(47,48)49)8-2-10(57)6-12(4-8)59-16(31)14(29)19(34,35)21(38,39)23(42,43)27(53,54)55/h1-6H,56-57H2. The first-order valence-electron chi connectivity index (χ1n) is 13.6. The lowest BCUT2D eigenvalue weighted by molar-refractivity contribution is -0.392. The van der Waals surface area contributed by atoms with Crippen molar-refractivity contribution in [1.82, 2.24) is 0 Å². The molecule has 0 saturated carbocycles. The molecule has 32 heteroatoms. The van der Waals surface area contributed by atoms with E-state index in [9.17, 15) is 123 Å². The summed E-state index contributed by atoms with van der Waals surface area (Å²) >= 11 is 0. The Labute approximate surface area is 304 Å². The molecule has 59 heavy (non-hydrogen) atoms. The van der Waals surface area contributed by atoms with Gasteiger partial charge in [-0.3, -0.25) is 0 Å². The maximum atomic E-state index is 14.7. The van der Waals surface area contributed by atoms with E-state index >= 15 is 0 Å². The van der Waals surface area contributed by atoms with Gasteiger partial charge in [-0.05, 0) is 35.4 Å². The summed E-state index contributed by atoms with van der Waals surface area (Å²) in [5.74, 6) is -60.9. The average molecular weight is 926 g/mol. The molecule has 336 valence electrons. The van der Waals surface area contributed by atoms with E-state index in [1.807, 2.05) is 0 Å². The molecule has 0 bridgehead atoms. The molecule has 0 heterocycles. The highest BCUT2D eigenvalue weighted by atomic mass is 19.4. The summed E-state index contributed by atoms with van der Waals surface area (Å²) in [4.78, 5) is 0. The number of nitrogens with two attached hydrogens (primary N) is 2. The molecule has 0 unspecified atom stereocenters. The molecule has 0 aromatic heterocycles. The van der Waals surface area contributed by atoms with E-state index in [-0.39, 0.29) is 12.1 Å². The molecule has 0 aliphatic rings. The normalized spacial score (nSPS) is 15.8. The van der Waals surface area contributed by atoms with Gasteiger partial charge in [0.1, 0.15) is 11.5 Å². The van der Waals surface area contributed by atoms with Gasteiger partial charge in [-0.2, -0.15) is 123 Å². The van der Waals surface area contributed by atoms with E-state index in [4.69, 9.17) is 11.5 Å². The average Bonchev–Trinajstić information content (AvgIpc) is 3.00. The number of alkyl halides is 24. The van der Waals surface area contributed by atoms with Crippen LogP contribution >= 0.6 is 0 Å². The van der Waals surface area contributed by atoms with Crippen molar-refractivity contribution in [3.8, 4) is 11.5 Å². The predicted molar refractivity (Wildman–Crippen MR) is 136 cm³/mol. The van der Waals surface area contributed by atoms with Crippen LogP contribution in [0, 0.1) is 0 Å². The lowest BCUT2D eigenvalue weighted by Gasteiger charge is -2.38. The van der Waals surface area contributed by atoms with Crippen LogP contribution in [-0.2, 0) is 5.41 Å². The number of ether oxygens (including phenoxy) is 2. The van der Waals surface area contributed by atoms with E-state index in [1.54, 1.807) is 0 Å². The molecule has 0 amide bonds. The number of rotatable bonds is 12. The van der Waals surface area contributed by atoms with Crippen LogP contribution in [0.3, 0.4) is 0 Å². The molecule has 0 aliphatic heterocycles. The van der Waals surface area contributed by atoms with E-state index in [1.165, 1.54) is 0 Å². The van der Waals surface area contributed by atoms with Gasteiger partial charge in [0.15, 0.2) is 0 Å². The van der Waals surface area contributed by atoms with Crippen LogP contribution in [0.25, 0.3) is 0 Å². The molecule has 0 spiro atoms. The van der Waals surface area contributed by atoms with Gasteiger partial charge >= 0.3 is 72.3 Å². The highest BCUT2D eigenvalue weighted by Crippen LogP contribution is 2.60. The predicted octanol–water partition coefficient (Wildman–Crippen LogP) is 12.2. The van der Waals surface area contributed by atoms with Gasteiger partial charge in [-0.15, -0.1) is 0 Å². The van der Waals surface area contributed by atoms with Crippen molar-refractivity contribution in [2.24, 2.45) is 0 Å². The first kappa shape index (κ1) is 50.3. The SMILES string of the molecule is Nc1cc(OC(F)=C(F)C(F)(F)C(F)(F)C(F)(F)C(F)(F)F)cc(C(c2cc(N)cc(OC(F)=C(F)C(F)(F)C(F)(F)C(F)(F)C(F)(F)F)c2)(C(F)(F)F)C(F)(F)F)c1. The number of benzene rings is 2. The van der Waals surface area contributed by atoms with Gasteiger partial charge in [0.2, 0.25) is 17.1 Å². The molecule has 0 saturated heterocycles. The van der Waals surface area contributed by atoms with Crippen molar-refractivity contribution >= 4 is 11.4 Å². The van der Waals surface area contributed by atoms with Crippen LogP contribution in [0.15, 0.2) is 60.1 Å². The van der Waals surface area contributed by atoms with E-state index in [0.29, 0.717) is 0 Å². The minimum absolute atomic E-state index is 0.288. The summed E-state index contributed by atoms with van der Waals surface area (Å²) < 4.78 is 388. The fraction of sp³-hybridized carbons (Fsp3) is 0.407. The zero-order valence-electron chi connectivity index (χ0n) is 26.5. The molecule has 2 rings (SSSR count). The Balaban J connectivity index is 2.92. The summed E-state index contributed by atoms with van der Waals surface area (Å²) in [6.45, 7) is 0. The van der Waals surface area contributed by atoms with Gasteiger partial charge < -0.3 is 20.9 Å². The Bertz CT molecular complexity index is 1810. The van der Waals surface area contributed by atoms with Crippen LogP contribution in [0.4, 0.5) is 134 Å². The summed E-state index contributed by atoms with van der Waals surface area (Å²) in [7, 11) is 0. The third-order valence-corrected chi connectivity index (χ3v) is 7.17. The second-order valence-corrected chi connectivity index (χ2v) is 11.1. The van der Waals surface area contributed by atoms with Crippen LogP contribution in [0.5, 0.6) is 11.5 Å². The monoisotopic (exact) mass is 926 g/mol. The van der Waals surface area contributed by atoms with Crippen LogP contribution in [-0.4, -0.2) is 60.2 Å². The fourth-order valence-electron chi connectivity index (χ4n) is 4.35. The van der Waals surface area contributed by atoms with Crippen molar-refractivity contribution in [2.75, 3.05) is 11.5 Å². The molecule has 0 aliphatic carbocycles. The van der Waals surface area contributed by atoms with Gasteiger partial charge in [0.05, 0.1) is 0 Å². The second-order valence-electron chi connectivity index (χ2n) is 11.1. The maximum Gasteiger partial charge on any atom is 0.460 e. The van der Waals surface area contributed by atoms with Crippen molar-refractivity contribution in [2.45, 2.75) is 65.7 Å². The van der Waals surface area contributed by atoms with Crippen molar-refractivity contribution in [3.63, 3.8) is 0 Å². The van der Waals surface area contributed by atoms with Crippen LogP contribution in [0.1, 0.15) is 11.1 Å². The molecule has 0 fully saturated rings. The Hall–Kier alpha value is -4.84. The van der Waals surface area contributed by atoms with Crippen LogP contribution < -0.4 is 20.9 Å². The number of allylic oxidation sites excluding steroid dienone is 2. The second kappa shape index (κ2) is 14.7. The van der Waals surface area contributed by atoms with E-state index in [2.05, 4.69) is 9.47 Å². The van der Waals surface area contributed by atoms with Gasteiger partial charge in [-0.25, -0.2) is 0 Å².